The highest BCUT2D eigenvalue weighted by Crippen LogP contribution is 2.77. The standard InChI is InChI=1S/C30H50O2/c1-18(2)19-11-14-28(6)24(32)17-30(8)20(25(19)28)9-10-22-27(5)15-13-23(31)26(3,4)21(27)12-16-29(22,30)7/h19-25,31-32H,1,9-17H2,2-8H3/t19-,20+,21+,22-,23+,24+,25+,27-,28+,29+,30+/m1/s1. The van der Waals surface area contributed by atoms with Crippen LogP contribution in [0.4, 0.5) is 0 Å². The second-order valence-electron chi connectivity index (χ2n) is 14.8. The molecule has 0 amide bonds. The summed E-state index contributed by atoms with van der Waals surface area (Å²) in [6.07, 6.45) is 10.3. The third-order valence-corrected chi connectivity index (χ3v) is 13.6. The summed E-state index contributed by atoms with van der Waals surface area (Å²) >= 11 is 0. The molecule has 5 fully saturated rings. The molecule has 2 N–H and O–H groups in total. The number of rotatable bonds is 1. The average Bonchev–Trinajstić information content (AvgIpc) is 3.05. The van der Waals surface area contributed by atoms with Gasteiger partial charge in [0.1, 0.15) is 0 Å². The van der Waals surface area contributed by atoms with Gasteiger partial charge in [-0.3, -0.25) is 0 Å². The molecule has 5 aliphatic rings. The van der Waals surface area contributed by atoms with Crippen LogP contribution in [0.1, 0.15) is 106 Å². The first-order chi connectivity index (χ1) is 14.7. The van der Waals surface area contributed by atoms with Crippen LogP contribution in [0.5, 0.6) is 0 Å². The highest BCUT2D eigenvalue weighted by atomic mass is 16.3. The van der Waals surface area contributed by atoms with Gasteiger partial charge in [0, 0.05) is 0 Å². The number of allylic oxidation sites excluding steroid dienone is 1. The zero-order chi connectivity index (χ0) is 23.5. The molecule has 0 aromatic heterocycles. The van der Waals surface area contributed by atoms with Crippen LogP contribution in [-0.2, 0) is 0 Å². The number of aliphatic hydroxyl groups is 2. The molecule has 0 aliphatic heterocycles. The molecule has 0 bridgehead atoms. The van der Waals surface area contributed by atoms with E-state index < -0.39 is 0 Å². The molecule has 0 aromatic carbocycles. The normalized spacial score (nSPS) is 58.8. The lowest BCUT2D eigenvalue weighted by molar-refractivity contribution is -0.261. The summed E-state index contributed by atoms with van der Waals surface area (Å²) in [5, 5.41) is 22.6. The molecule has 0 aromatic rings. The van der Waals surface area contributed by atoms with E-state index in [1.807, 2.05) is 0 Å². The van der Waals surface area contributed by atoms with Crippen LogP contribution in [0.25, 0.3) is 0 Å². The Morgan fingerprint density at radius 2 is 1.38 bits per heavy atom. The van der Waals surface area contributed by atoms with Crippen LogP contribution in [0, 0.1) is 56.7 Å². The van der Waals surface area contributed by atoms with Crippen molar-refractivity contribution in [2.24, 2.45) is 56.7 Å². The van der Waals surface area contributed by atoms with E-state index in [9.17, 15) is 10.2 Å². The quantitative estimate of drug-likeness (QED) is 0.429. The minimum atomic E-state index is -0.191. The predicted molar refractivity (Wildman–Crippen MR) is 132 cm³/mol. The second-order valence-corrected chi connectivity index (χ2v) is 14.8. The lowest BCUT2D eigenvalue weighted by Crippen LogP contribution is -2.68. The zero-order valence-corrected chi connectivity index (χ0v) is 22.0. The molecule has 5 saturated carbocycles. The lowest BCUT2D eigenvalue weighted by atomic mass is 9.32. The molecule has 0 spiro atoms. The van der Waals surface area contributed by atoms with Crippen molar-refractivity contribution in [3.63, 3.8) is 0 Å². The molecular formula is C30H50O2. The molecule has 5 aliphatic carbocycles. The molecule has 0 saturated heterocycles. The number of aliphatic hydroxyl groups excluding tert-OH is 2. The monoisotopic (exact) mass is 442 g/mol. The Balaban J connectivity index is 1.57. The van der Waals surface area contributed by atoms with E-state index in [0.29, 0.717) is 35.0 Å². The minimum Gasteiger partial charge on any atom is -0.393 e. The summed E-state index contributed by atoms with van der Waals surface area (Å²) in [6, 6.07) is 0. The molecule has 32 heavy (non-hydrogen) atoms. The van der Waals surface area contributed by atoms with Crippen LogP contribution in [-0.4, -0.2) is 22.4 Å². The summed E-state index contributed by atoms with van der Waals surface area (Å²) < 4.78 is 0. The summed E-state index contributed by atoms with van der Waals surface area (Å²) in [5.74, 6) is 3.16. The Morgan fingerprint density at radius 3 is 2.03 bits per heavy atom. The number of hydrogen-bond acceptors (Lipinski definition) is 2. The van der Waals surface area contributed by atoms with Crippen molar-refractivity contribution in [3.05, 3.63) is 12.2 Å². The highest BCUT2D eigenvalue weighted by Gasteiger charge is 2.71. The second kappa shape index (κ2) is 6.87. The Hall–Kier alpha value is -0.340. The molecule has 2 heteroatoms. The Bertz CT molecular complexity index is 801. The Labute approximate surface area is 197 Å². The van der Waals surface area contributed by atoms with Crippen molar-refractivity contribution in [1.29, 1.82) is 0 Å². The SMILES string of the molecule is C=C(C)[C@H]1CC[C@]2(C)[C@@H]1[C@@H]1CC[C@@H]3[C@]4(C)CC[C@H](O)C(C)(C)[C@@H]4CC[C@]3(C)[C@@]1(C)C[C@@H]2O. The van der Waals surface area contributed by atoms with E-state index >= 15 is 0 Å². The molecule has 0 radical (unpaired) electrons. The molecular weight excluding hydrogens is 392 g/mol. The van der Waals surface area contributed by atoms with Crippen molar-refractivity contribution in [3.8, 4) is 0 Å². The maximum absolute atomic E-state index is 11.7. The molecule has 182 valence electrons. The maximum atomic E-state index is 11.7. The first-order valence-corrected chi connectivity index (χ1v) is 13.7. The molecule has 11 atom stereocenters. The molecule has 0 unspecified atom stereocenters. The van der Waals surface area contributed by atoms with E-state index in [1.165, 1.54) is 44.1 Å². The van der Waals surface area contributed by atoms with Gasteiger partial charge in [-0.15, -0.1) is 0 Å². The van der Waals surface area contributed by atoms with Crippen LogP contribution in [0.15, 0.2) is 12.2 Å². The number of hydrogen-bond donors (Lipinski definition) is 2. The fraction of sp³-hybridized carbons (Fsp3) is 0.933. The van der Waals surface area contributed by atoms with Crippen LogP contribution in [0.2, 0.25) is 0 Å². The van der Waals surface area contributed by atoms with Crippen LogP contribution in [0.3, 0.4) is 0 Å². The van der Waals surface area contributed by atoms with Crippen molar-refractivity contribution in [2.75, 3.05) is 0 Å². The Morgan fingerprint density at radius 1 is 0.719 bits per heavy atom. The van der Waals surface area contributed by atoms with Gasteiger partial charge in [0.25, 0.3) is 0 Å². The van der Waals surface area contributed by atoms with Gasteiger partial charge in [-0.05, 0) is 121 Å². The molecule has 5 rings (SSSR count). The minimum absolute atomic E-state index is 0.00718. The van der Waals surface area contributed by atoms with Crippen molar-refractivity contribution >= 4 is 0 Å². The van der Waals surface area contributed by atoms with Gasteiger partial charge in [0.05, 0.1) is 12.2 Å². The average molecular weight is 443 g/mol. The smallest absolute Gasteiger partial charge is 0.0602 e. The van der Waals surface area contributed by atoms with Crippen LogP contribution >= 0.6 is 0 Å². The summed E-state index contributed by atoms with van der Waals surface area (Å²) in [7, 11) is 0. The van der Waals surface area contributed by atoms with Gasteiger partial charge >= 0.3 is 0 Å². The van der Waals surface area contributed by atoms with Gasteiger partial charge in [0.15, 0.2) is 0 Å². The highest BCUT2D eigenvalue weighted by molar-refractivity contribution is 5.22. The summed E-state index contributed by atoms with van der Waals surface area (Å²) in [6.45, 7) is 21.5. The van der Waals surface area contributed by atoms with Gasteiger partial charge in [-0.1, -0.05) is 53.7 Å². The van der Waals surface area contributed by atoms with Gasteiger partial charge in [-0.2, -0.15) is 0 Å². The fourth-order valence-electron chi connectivity index (χ4n) is 11.5. The summed E-state index contributed by atoms with van der Waals surface area (Å²) in [5.41, 5.74) is 2.18. The molecule has 0 heterocycles. The van der Waals surface area contributed by atoms with Gasteiger partial charge < -0.3 is 10.2 Å². The maximum Gasteiger partial charge on any atom is 0.0602 e. The van der Waals surface area contributed by atoms with E-state index in [2.05, 4.69) is 55.0 Å². The third kappa shape index (κ3) is 2.61. The zero-order valence-electron chi connectivity index (χ0n) is 22.0. The predicted octanol–water partition coefficient (Wildman–Crippen LogP) is 7.00. The molecule has 2 nitrogen and oxygen atoms in total. The third-order valence-electron chi connectivity index (χ3n) is 13.6. The van der Waals surface area contributed by atoms with Crippen molar-refractivity contribution in [2.45, 2.75) is 118 Å². The van der Waals surface area contributed by atoms with E-state index in [1.54, 1.807) is 0 Å². The summed E-state index contributed by atoms with van der Waals surface area (Å²) in [4.78, 5) is 0. The number of fused-ring (bicyclic) bond motifs is 7. The lowest BCUT2D eigenvalue weighted by Gasteiger charge is -2.73. The van der Waals surface area contributed by atoms with Crippen LogP contribution < -0.4 is 0 Å². The fourth-order valence-corrected chi connectivity index (χ4v) is 11.5. The van der Waals surface area contributed by atoms with E-state index in [4.69, 9.17) is 0 Å². The van der Waals surface area contributed by atoms with Gasteiger partial charge in [0.2, 0.25) is 0 Å². The Kier molecular flexibility index (Phi) is 5.02. The van der Waals surface area contributed by atoms with E-state index in [-0.39, 0.29) is 33.9 Å². The van der Waals surface area contributed by atoms with Crippen molar-refractivity contribution in [1.82, 2.24) is 0 Å². The first kappa shape index (κ1) is 23.4. The van der Waals surface area contributed by atoms with Crippen molar-refractivity contribution < 1.29 is 10.2 Å². The topological polar surface area (TPSA) is 40.5 Å². The largest absolute Gasteiger partial charge is 0.393 e. The first-order valence-electron chi connectivity index (χ1n) is 13.7. The van der Waals surface area contributed by atoms with E-state index in [0.717, 1.165) is 19.3 Å². The van der Waals surface area contributed by atoms with Gasteiger partial charge in [-0.25, -0.2) is 0 Å².